The van der Waals surface area contributed by atoms with Crippen LogP contribution in [-0.2, 0) is 13.6 Å². The number of ketones is 1. The molecule has 0 atom stereocenters. The first kappa shape index (κ1) is 22.8. The minimum absolute atomic E-state index is 0.0433. The summed E-state index contributed by atoms with van der Waals surface area (Å²) in [5, 5.41) is 11.9. The molecule has 31 heavy (non-hydrogen) atoms. The van der Waals surface area contributed by atoms with Crippen molar-refractivity contribution in [1.29, 1.82) is 0 Å². The second-order valence-corrected chi connectivity index (χ2v) is 9.69. The third-order valence-electron chi connectivity index (χ3n) is 4.41. The van der Waals surface area contributed by atoms with E-state index in [0.29, 0.717) is 16.0 Å². The monoisotopic (exact) mass is 460 g/mol. The molecule has 11 heteroatoms. The fourth-order valence-electron chi connectivity index (χ4n) is 2.95. The quantitative estimate of drug-likeness (QED) is 0.388. The van der Waals surface area contributed by atoms with Gasteiger partial charge in [0.1, 0.15) is 11.4 Å². The average molecular weight is 461 g/mol. The molecule has 3 N–H and O–H groups in total. The van der Waals surface area contributed by atoms with Crippen LogP contribution >= 0.6 is 23.1 Å². The number of nitrogens with zero attached hydrogens (tertiary/aromatic N) is 4. The minimum Gasteiger partial charge on any atom is -0.384 e. The number of nitrogens with two attached hydrogens (primary N) is 1. The third kappa shape index (κ3) is 5.23. The van der Waals surface area contributed by atoms with E-state index in [1.165, 1.54) is 34.7 Å². The number of hydrogen-bond donors (Lipinski definition) is 2. The second kappa shape index (κ2) is 9.48. The molecular weight excluding hydrogens is 436 g/mol. The van der Waals surface area contributed by atoms with Crippen LogP contribution in [0.25, 0.3) is 0 Å². The Bertz CT molecular complexity index is 1230. The summed E-state index contributed by atoms with van der Waals surface area (Å²) in [5.74, 6) is -0.468. The lowest BCUT2D eigenvalue weighted by molar-refractivity contribution is 0.102. The Kier molecular flexibility index (Phi) is 6.96. The predicted octanol–water partition coefficient (Wildman–Crippen LogP) is 2.66. The summed E-state index contributed by atoms with van der Waals surface area (Å²) in [4.78, 5) is 37.7. The summed E-state index contributed by atoms with van der Waals surface area (Å²) in [6, 6.07) is 7.85. The average Bonchev–Trinajstić information content (AvgIpc) is 3.15. The number of anilines is 3. The smallest absolute Gasteiger partial charge is 0.332 e. The van der Waals surface area contributed by atoms with Crippen molar-refractivity contribution < 1.29 is 4.79 Å². The number of carbonyl (C=O) groups is 1. The van der Waals surface area contributed by atoms with Gasteiger partial charge in [-0.25, -0.2) is 4.79 Å². The summed E-state index contributed by atoms with van der Waals surface area (Å²) in [6.07, 6.45) is 0. The van der Waals surface area contributed by atoms with Crippen LogP contribution in [0.15, 0.2) is 38.2 Å². The minimum atomic E-state index is -0.688. The lowest BCUT2D eigenvalue weighted by atomic mass is 10.2. The van der Waals surface area contributed by atoms with Crippen molar-refractivity contribution in [3.63, 3.8) is 0 Å². The highest BCUT2D eigenvalue weighted by molar-refractivity contribution is 8.01. The van der Waals surface area contributed by atoms with Crippen LogP contribution in [0.3, 0.4) is 0 Å². The van der Waals surface area contributed by atoms with Gasteiger partial charge in [-0.3, -0.25) is 18.7 Å². The molecule has 0 aliphatic carbocycles. The zero-order valence-corrected chi connectivity index (χ0v) is 19.3. The van der Waals surface area contributed by atoms with Crippen molar-refractivity contribution in [2.75, 3.05) is 16.8 Å². The first-order chi connectivity index (χ1) is 14.7. The second-order valence-electron chi connectivity index (χ2n) is 7.49. The molecule has 2 heterocycles. The van der Waals surface area contributed by atoms with Crippen molar-refractivity contribution >= 4 is 45.5 Å². The molecule has 0 fully saturated rings. The van der Waals surface area contributed by atoms with Crippen LogP contribution in [0, 0.1) is 12.8 Å². The Morgan fingerprint density at radius 3 is 2.71 bits per heavy atom. The molecule has 0 aliphatic rings. The zero-order chi connectivity index (χ0) is 22.7. The Labute approximate surface area is 187 Å². The van der Waals surface area contributed by atoms with Gasteiger partial charge < -0.3 is 11.1 Å². The molecule has 0 aliphatic heterocycles. The van der Waals surface area contributed by atoms with E-state index in [1.54, 1.807) is 0 Å². The molecule has 9 nitrogen and oxygen atoms in total. The van der Waals surface area contributed by atoms with Gasteiger partial charge in [0, 0.05) is 19.3 Å². The van der Waals surface area contributed by atoms with Crippen LogP contribution in [0.4, 0.5) is 16.6 Å². The number of benzene rings is 1. The van der Waals surface area contributed by atoms with Gasteiger partial charge >= 0.3 is 5.69 Å². The van der Waals surface area contributed by atoms with Gasteiger partial charge in [0.05, 0.1) is 5.75 Å². The van der Waals surface area contributed by atoms with Crippen LogP contribution in [0.1, 0.15) is 29.8 Å². The van der Waals surface area contributed by atoms with Crippen LogP contribution in [0.2, 0.25) is 0 Å². The van der Waals surface area contributed by atoms with E-state index in [1.807, 2.05) is 45.0 Å². The first-order valence-electron chi connectivity index (χ1n) is 9.60. The van der Waals surface area contributed by atoms with Crippen molar-refractivity contribution in [2.45, 2.75) is 31.7 Å². The topological polar surface area (TPSA) is 125 Å². The molecule has 0 spiro atoms. The Morgan fingerprint density at radius 2 is 2.03 bits per heavy atom. The summed E-state index contributed by atoms with van der Waals surface area (Å²) >= 11 is 2.47. The van der Waals surface area contributed by atoms with Crippen molar-refractivity contribution in [3.05, 3.63) is 56.2 Å². The molecule has 0 bridgehead atoms. The standard InChI is InChI=1S/C20H24N6O3S2/c1-11(2)9-26-16(21)15(17(28)25(4)20(26)29)14(27)10-30-19-24-23-18(31-19)22-13-7-5-6-12(3)8-13/h5-8,11H,9-10,21H2,1-4H3,(H,22,23). The third-order valence-corrected chi connectivity index (χ3v) is 6.38. The maximum Gasteiger partial charge on any atom is 0.332 e. The van der Waals surface area contributed by atoms with Gasteiger partial charge in [-0.1, -0.05) is 49.1 Å². The highest BCUT2D eigenvalue weighted by atomic mass is 32.2. The normalized spacial score (nSPS) is 11.1. The van der Waals surface area contributed by atoms with E-state index in [2.05, 4.69) is 15.5 Å². The highest BCUT2D eigenvalue weighted by Crippen LogP contribution is 2.28. The van der Waals surface area contributed by atoms with Crippen LogP contribution in [0.5, 0.6) is 0 Å². The van der Waals surface area contributed by atoms with Gasteiger partial charge in [-0.2, -0.15) is 0 Å². The Hall–Kier alpha value is -2.92. The zero-order valence-electron chi connectivity index (χ0n) is 17.7. The van der Waals surface area contributed by atoms with Crippen molar-refractivity contribution in [3.8, 4) is 0 Å². The van der Waals surface area contributed by atoms with Crippen LogP contribution < -0.4 is 22.3 Å². The summed E-state index contributed by atoms with van der Waals surface area (Å²) in [7, 11) is 1.35. The van der Waals surface area contributed by atoms with Gasteiger partial charge in [0.15, 0.2) is 10.1 Å². The fourth-order valence-corrected chi connectivity index (χ4v) is 4.60. The molecule has 164 valence electrons. The maximum absolute atomic E-state index is 12.8. The van der Waals surface area contributed by atoms with Gasteiger partial charge in [0.2, 0.25) is 5.13 Å². The molecule has 3 aromatic rings. The van der Waals surface area contributed by atoms with Gasteiger partial charge in [-0.05, 0) is 30.5 Å². The number of rotatable bonds is 8. The maximum atomic E-state index is 12.8. The lowest BCUT2D eigenvalue weighted by Gasteiger charge is -2.15. The van der Waals surface area contributed by atoms with Crippen molar-refractivity contribution in [1.82, 2.24) is 19.3 Å². The molecule has 2 aromatic heterocycles. The lowest BCUT2D eigenvalue weighted by Crippen LogP contribution is -2.43. The molecular formula is C20H24N6O3S2. The SMILES string of the molecule is Cc1cccc(Nc2nnc(SCC(=O)c3c(N)n(CC(C)C)c(=O)n(C)c3=O)s2)c1. The summed E-state index contributed by atoms with van der Waals surface area (Å²) in [5.41, 5.74) is 6.68. The number of hydrogen-bond acceptors (Lipinski definition) is 9. The molecule has 3 rings (SSSR count). The number of carbonyl (C=O) groups excluding carboxylic acids is 1. The number of nitrogens with one attached hydrogen (secondary N) is 1. The Morgan fingerprint density at radius 1 is 1.29 bits per heavy atom. The van der Waals surface area contributed by atoms with E-state index >= 15 is 0 Å². The number of aromatic nitrogens is 4. The highest BCUT2D eigenvalue weighted by Gasteiger charge is 2.22. The molecule has 0 radical (unpaired) electrons. The number of nitrogen functional groups attached to an aromatic ring is 1. The molecule has 0 amide bonds. The number of aryl methyl sites for hydroxylation is 1. The molecule has 0 unspecified atom stereocenters. The van der Waals surface area contributed by atoms with Gasteiger partial charge in [0.25, 0.3) is 5.56 Å². The van der Waals surface area contributed by atoms with Gasteiger partial charge in [-0.15, -0.1) is 10.2 Å². The van der Waals surface area contributed by atoms with Crippen molar-refractivity contribution in [2.24, 2.45) is 13.0 Å². The number of thioether (sulfide) groups is 1. The number of Topliss-reactive ketones (excluding diaryl/α,β-unsaturated/α-hetero) is 1. The predicted molar refractivity (Wildman–Crippen MR) is 125 cm³/mol. The fraction of sp³-hybridized carbons (Fsp3) is 0.350. The summed E-state index contributed by atoms with van der Waals surface area (Å²) < 4.78 is 2.78. The molecule has 0 saturated heterocycles. The largest absolute Gasteiger partial charge is 0.384 e. The van der Waals surface area contributed by atoms with E-state index < -0.39 is 17.0 Å². The first-order valence-corrected chi connectivity index (χ1v) is 11.4. The Balaban J connectivity index is 1.76. The van der Waals surface area contributed by atoms with Crippen LogP contribution in [-0.4, -0.2) is 30.9 Å². The van der Waals surface area contributed by atoms with E-state index in [9.17, 15) is 14.4 Å². The molecule has 1 aromatic carbocycles. The van der Waals surface area contributed by atoms with E-state index in [4.69, 9.17) is 5.73 Å². The van der Waals surface area contributed by atoms with E-state index in [-0.39, 0.29) is 23.1 Å². The molecule has 0 saturated carbocycles. The summed E-state index contributed by atoms with van der Waals surface area (Å²) in [6.45, 7) is 6.16. The van der Waals surface area contributed by atoms with E-state index in [0.717, 1.165) is 15.8 Å².